The van der Waals surface area contributed by atoms with E-state index in [2.05, 4.69) is 15.5 Å². The average molecular weight is 330 g/mol. The summed E-state index contributed by atoms with van der Waals surface area (Å²) in [6.45, 7) is 2.72. The maximum Gasteiger partial charge on any atom is 0.317 e. The van der Waals surface area contributed by atoms with Gasteiger partial charge in [0.15, 0.2) is 5.82 Å². The highest BCUT2D eigenvalue weighted by Crippen LogP contribution is 2.16. The van der Waals surface area contributed by atoms with Gasteiger partial charge in [-0.15, -0.1) is 0 Å². The number of benzene rings is 1. The molecule has 1 saturated heterocycles. The minimum Gasteiger partial charge on any atom is -0.381 e. The molecule has 0 bridgehead atoms. The van der Waals surface area contributed by atoms with Gasteiger partial charge in [0, 0.05) is 44.6 Å². The van der Waals surface area contributed by atoms with Crippen molar-refractivity contribution in [2.75, 3.05) is 33.4 Å². The summed E-state index contributed by atoms with van der Waals surface area (Å²) in [6, 6.07) is 9.52. The van der Waals surface area contributed by atoms with Gasteiger partial charge in [-0.1, -0.05) is 23.4 Å². The van der Waals surface area contributed by atoms with Gasteiger partial charge in [0.05, 0.1) is 6.61 Å². The molecular formula is C17H22N4O3. The Kier molecular flexibility index (Phi) is 5.43. The van der Waals surface area contributed by atoms with Crippen LogP contribution in [-0.2, 0) is 11.2 Å². The molecule has 0 saturated carbocycles. The van der Waals surface area contributed by atoms with Crippen LogP contribution in [0.1, 0.15) is 12.2 Å². The number of rotatable bonds is 6. The van der Waals surface area contributed by atoms with Gasteiger partial charge in [-0.2, -0.15) is 4.98 Å². The summed E-state index contributed by atoms with van der Waals surface area (Å²) in [7, 11) is 1.80. The van der Waals surface area contributed by atoms with Crippen LogP contribution in [0.15, 0.2) is 34.9 Å². The van der Waals surface area contributed by atoms with Crippen LogP contribution in [0.4, 0.5) is 4.79 Å². The SMILES string of the molecule is CN(CC1CCOC1)C(=O)NCCc1noc(-c2ccccc2)n1. The second-order valence-corrected chi connectivity index (χ2v) is 5.97. The summed E-state index contributed by atoms with van der Waals surface area (Å²) < 4.78 is 10.6. The van der Waals surface area contributed by atoms with Gasteiger partial charge in [-0.05, 0) is 18.6 Å². The Hall–Kier alpha value is -2.41. The molecule has 2 heterocycles. The van der Waals surface area contributed by atoms with Crippen LogP contribution >= 0.6 is 0 Å². The normalized spacial score (nSPS) is 17.0. The highest BCUT2D eigenvalue weighted by atomic mass is 16.5. The van der Waals surface area contributed by atoms with Crippen molar-refractivity contribution in [2.24, 2.45) is 5.92 Å². The van der Waals surface area contributed by atoms with E-state index < -0.39 is 0 Å². The van der Waals surface area contributed by atoms with E-state index >= 15 is 0 Å². The number of amides is 2. The number of urea groups is 1. The third-order valence-electron chi connectivity index (χ3n) is 4.02. The first kappa shape index (κ1) is 16.4. The van der Waals surface area contributed by atoms with Crippen LogP contribution in [0, 0.1) is 5.92 Å². The van der Waals surface area contributed by atoms with E-state index in [-0.39, 0.29) is 6.03 Å². The number of nitrogens with zero attached hydrogens (tertiary/aromatic N) is 3. The molecule has 3 rings (SSSR count). The van der Waals surface area contributed by atoms with Crippen molar-refractivity contribution >= 4 is 6.03 Å². The number of carbonyl (C=O) groups excluding carboxylic acids is 1. The van der Waals surface area contributed by atoms with Crippen molar-refractivity contribution in [1.82, 2.24) is 20.4 Å². The summed E-state index contributed by atoms with van der Waals surface area (Å²) in [5.74, 6) is 1.52. The number of hydrogen-bond donors (Lipinski definition) is 1. The van der Waals surface area contributed by atoms with E-state index in [4.69, 9.17) is 9.26 Å². The number of hydrogen-bond acceptors (Lipinski definition) is 5. The van der Waals surface area contributed by atoms with Crippen LogP contribution < -0.4 is 5.32 Å². The fourth-order valence-corrected chi connectivity index (χ4v) is 2.67. The van der Waals surface area contributed by atoms with Gasteiger partial charge in [0.2, 0.25) is 0 Å². The predicted octanol–water partition coefficient (Wildman–Crippen LogP) is 1.96. The molecule has 24 heavy (non-hydrogen) atoms. The lowest BCUT2D eigenvalue weighted by Crippen LogP contribution is -2.40. The van der Waals surface area contributed by atoms with Gasteiger partial charge in [0.1, 0.15) is 0 Å². The van der Waals surface area contributed by atoms with Crippen molar-refractivity contribution in [2.45, 2.75) is 12.8 Å². The smallest absolute Gasteiger partial charge is 0.317 e. The molecule has 1 aromatic carbocycles. The molecule has 7 nitrogen and oxygen atoms in total. The van der Waals surface area contributed by atoms with Crippen molar-refractivity contribution in [1.29, 1.82) is 0 Å². The molecular weight excluding hydrogens is 308 g/mol. The van der Waals surface area contributed by atoms with Crippen LogP contribution in [0.3, 0.4) is 0 Å². The fraction of sp³-hybridized carbons (Fsp3) is 0.471. The third-order valence-corrected chi connectivity index (χ3v) is 4.02. The van der Waals surface area contributed by atoms with E-state index in [0.29, 0.717) is 37.1 Å². The first-order valence-corrected chi connectivity index (χ1v) is 8.17. The van der Waals surface area contributed by atoms with Crippen molar-refractivity contribution in [3.05, 3.63) is 36.2 Å². The van der Waals surface area contributed by atoms with E-state index in [9.17, 15) is 4.79 Å². The van der Waals surface area contributed by atoms with Gasteiger partial charge < -0.3 is 19.5 Å². The van der Waals surface area contributed by atoms with E-state index in [1.54, 1.807) is 11.9 Å². The van der Waals surface area contributed by atoms with E-state index in [1.807, 2.05) is 30.3 Å². The number of ether oxygens (including phenoxy) is 1. The van der Waals surface area contributed by atoms with Gasteiger partial charge in [-0.25, -0.2) is 4.79 Å². The highest BCUT2D eigenvalue weighted by Gasteiger charge is 2.19. The Morgan fingerprint density at radius 1 is 1.38 bits per heavy atom. The third kappa shape index (κ3) is 4.32. The Morgan fingerprint density at radius 2 is 2.21 bits per heavy atom. The molecule has 1 aliphatic rings. The van der Waals surface area contributed by atoms with Crippen LogP contribution in [0.25, 0.3) is 11.5 Å². The van der Waals surface area contributed by atoms with Crippen molar-refractivity contribution in [3.8, 4) is 11.5 Å². The number of aromatic nitrogens is 2. The lowest BCUT2D eigenvalue weighted by atomic mass is 10.1. The Morgan fingerprint density at radius 3 is 2.96 bits per heavy atom. The summed E-state index contributed by atoms with van der Waals surface area (Å²) >= 11 is 0. The van der Waals surface area contributed by atoms with Crippen LogP contribution in [-0.4, -0.2) is 54.4 Å². The molecule has 2 aromatic rings. The summed E-state index contributed by atoms with van der Waals surface area (Å²) in [5, 5.41) is 6.83. The molecule has 0 aliphatic carbocycles. The topological polar surface area (TPSA) is 80.5 Å². The van der Waals surface area contributed by atoms with Crippen LogP contribution in [0.2, 0.25) is 0 Å². The highest BCUT2D eigenvalue weighted by molar-refractivity contribution is 5.73. The summed E-state index contributed by atoms with van der Waals surface area (Å²) in [6.07, 6.45) is 1.55. The standard InChI is InChI=1S/C17H22N4O3/c1-21(11-13-8-10-23-12-13)17(22)18-9-7-15-19-16(24-20-15)14-5-3-2-4-6-14/h2-6,13H,7-12H2,1H3,(H,18,22). The van der Waals surface area contributed by atoms with Gasteiger partial charge in [-0.3, -0.25) is 0 Å². The Labute approximate surface area is 141 Å². The first-order valence-electron chi connectivity index (χ1n) is 8.17. The Balaban J connectivity index is 1.43. The molecule has 1 N–H and O–H groups in total. The zero-order valence-corrected chi connectivity index (χ0v) is 13.8. The zero-order chi connectivity index (χ0) is 16.8. The monoisotopic (exact) mass is 330 g/mol. The van der Waals surface area contributed by atoms with Crippen LogP contribution in [0.5, 0.6) is 0 Å². The fourth-order valence-electron chi connectivity index (χ4n) is 2.67. The summed E-state index contributed by atoms with van der Waals surface area (Å²) in [4.78, 5) is 18.1. The predicted molar refractivity (Wildman–Crippen MR) is 88.4 cm³/mol. The molecule has 128 valence electrons. The van der Waals surface area contributed by atoms with E-state index in [1.165, 1.54) is 0 Å². The minimum absolute atomic E-state index is 0.0892. The summed E-state index contributed by atoms with van der Waals surface area (Å²) in [5.41, 5.74) is 0.888. The lowest BCUT2D eigenvalue weighted by Gasteiger charge is -2.20. The number of nitrogens with one attached hydrogen (secondary N) is 1. The van der Waals surface area contributed by atoms with Gasteiger partial charge in [0.25, 0.3) is 5.89 Å². The first-order chi connectivity index (χ1) is 11.7. The average Bonchev–Trinajstić information content (AvgIpc) is 3.27. The second kappa shape index (κ2) is 7.92. The minimum atomic E-state index is -0.0892. The second-order valence-electron chi connectivity index (χ2n) is 5.97. The largest absolute Gasteiger partial charge is 0.381 e. The molecule has 1 fully saturated rings. The lowest BCUT2D eigenvalue weighted by molar-refractivity contribution is 0.171. The molecule has 7 heteroatoms. The quantitative estimate of drug-likeness (QED) is 0.876. The molecule has 1 aromatic heterocycles. The van der Waals surface area contributed by atoms with E-state index in [0.717, 1.165) is 25.2 Å². The molecule has 0 radical (unpaired) electrons. The molecule has 1 unspecified atom stereocenters. The zero-order valence-electron chi connectivity index (χ0n) is 13.8. The molecule has 0 spiro atoms. The van der Waals surface area contributed by atoms with Crippen molar-refractivity contribution in [3.63, 3.8) is 0 Å². The maximum atomic E-state index is 12.1. The number of carbonyl (C=O) groups is 1. The molecule has 1 atom stereocenters. The molecule has 2 amide bonds. The molecule has 1 aliphatic heterocycles. The Bertz CT molecular complexity index is 653. The van der Waals surface area contributed by atoms with Gasteiger partial charge >= 0.3 is 6.03 Å². The van der Waals surface area contributed by atoms with Crippen molar-refractivity contribution < 1.29 is 14.1 Å². The maximum absolute atomic E-state index is 12.1.